The SMILES string of the molecule is O=C(COC(=O)c1cc(-c2ccccn2)nc2ccccc12)c1ccccc1. The van der Waals surface area contributed by atoms with Gasteiger partial charge in [-0.15, -0.1) is 0 Å². The molecule has 2 aromatic heterocycles. The summed E-state index contributed by atoms with van der Waals surface area (Å²) in [5, 5.41) is 0.666. The van der Waals surface area contributed by atoms with Crippen molar-refractivity contribution in [3.05, 3.63) is 96.2 Å². The summed E-state index contributed by atoms with van der Waals surface area (Å²) in [4.78, 5) is 33.9. The number of esters is 1. The molecule has 0 saturated carbocycles. The topological polar surface area (TPSA) is 69.2 Å². The lowest BCUT2D eigenvalue weighted by Crippen LogP contribution is -2.15. The number of carbonyl (C=O) groups excluding carboxylic acids is 2. The zero-order chi connectivity index (χ0) is 19.3. The van der Waals surface area contributed by atoms with Crippen molar-refractivity contribution in [2.75, 3.05) is 6.61 Å². The van der Waals surface area contributed by atoms with Crippen LogP contribution in [0.25, 0.3) is 22.3 Å². The quantitative estimate of drug-likeness (QED) is 0.387. The minimum Gasteiger partial charge on any atom is -0.454 e. The van der Waals surface area contributed by atoms with Crippen LogP contribution in [0.15, 0.2) is 85.1 Å². The van der Waals surface area contributed by atoms with E-state index in [-0.39, 0.29) is 12.4 Å². The summed E-state index contributed by atoms with van der Waals surface area (Å²) in [5.74, 6) is -0.822. The Balaban J connectivity index is 1.65. The first kappa shape index (κ1) is 17.5. The van der Waals surface area contributed by atoms with E-state index in [9.17, 15) is 9.59 Å². The molecule has 5 heteroatoms. The summed E-state index contributed by atoms with van der Waals surface area (Å²) in [6, 6.07) is 23.2. The standard InChI is InChI=1S/C23H16N2O3/c26-22(16-8-2-1-3-9-16)15-28-23(27)18-14-21(20-12-6-7-13-24-20)25-19-11-5-4-10-17(18)19/h1-14H,15H2. The highest BCUT2D eigenvalue weighted by molar-refractivity contribution is 6.06. The highest BCUT2D eigenvalue weighted by Gasteiger charge is 2.17. The summed E-state index contributed by atoms with van der Waals surface area (Å²) in [7, 11) is 0. The van der Waals surface area contributed by atoms with Gasteiger partial charge in [-0.05, 0) is 24.3 Å². The number of nitrogens with zero attached hydrogens (tertiary/aromatic N) is 2. The maximum atomic E-state index is 12.8. The van der Waals surface area contributed by atoms with Crippen LogP contribution >= 0.6 is 0 Å². The highest BCUT2D eigenvalue weighted by atomic mass is 16.5. The number of pyridine rings is 2. The van der Waals surface area contributed by atoms with Gasteiger partial charge in [0.05, 0.1) is 22.5 Å². The molecule has 0 unspecified atom stereocenters. The number of hydrogen-bond donors (Lipinski definition) is 0. The molecule has 0 spiro atoms. The Kier molecular flexibility index (Phi) is 4.89. The molecule has 0 amide bonds. The van der Waals surface area contributed by atoms with Gasteiger partial charge in [0.25, 0.3) is 0 Å². The molecule has 4 rings (SSSR count). The van der Waals surface area contributed by atoms with E-state index in [4.69, 9.17) is 4.74 Å². The highest BCUT2D eigenvalue weighted by Crippen LogP contribution is 2.24. The van der Waals surface area contributed by atoms with Crippen LogP contribution in [-0.4, -0.2) is 28.3 Å². The third-order valence-corrected chi connectivity index (χ3v) is 4.29. The van der Waals surface area contributed by atoms with Gasteiger partial charge in [0, 0.05) is 17.1 Å². The monoisotopic (exact) mass is 368 g/mol. The van der Waals surface area contributed by atoms with Gasteiger partial charge in [0.15, 0.2) is 12.4 Å². The van der Waals surface area contributed by atoms with Crippen LogP contribution in [-0.2, 0) is 4.74 Å². The fourth-order valence-corrected chi connectivity index (χ4v) is 2.91. The number of Topliss-reactive ketones (excluding diaryl/α,β-unsaturated/α-hetero) is 1. The van der Waals surface area contributed by atoms with Crippen molar-refractivity contribution in [2.45, 2.75) is 0 Å². The first-order valence-corrected chi connectivity index (χ1v) is 8.79. The fourth-order valence-electron chi connectivity index (χ4n) is 2.91. The van der Waals surface area contributed by atoms with E-state index in [1.165, 1.54) is 0 Å². The maximum absolute atomic E-state index is 12.8. The Morgan fingerprint density at radius 3 is 2.36 bits per heavy atom. The lowest BCUT2D eigenvalue weighted by molar-refractivity contribution is 0.0476. The molecular formula is C23H16N2O3. The fraction of sp³-hybridized carbons (Fsp3) is 0.0435. The number of carbonyl (C=O) groups is 2. The van der Waals surface area contributed by atoms with Crippen molar-refractivity contribution in [1.29, 1.82) is 0 Å². The van der Waals surface area contributed by atoms with E-state index < -0.39 is 5.97 Å². The number of ketones is 1. The first-order valence-electron chi connectivity index (χ1n) is 8.79. The van der Waals surface area contributed by atoms with Crippen LogP contribution in [0.3, 0.4) is 0 Å². The van der Waals surface area contributed by atoms with E-state index >= 15 is 0 Å². The normalized spacial score (nSPS) is 10.6. The number of para-hydroxylation sites is 1. The van der Waals surface area contributed by atoms with Crippen molar-refractivity contribution in [3.63, 3.8) is 0 Å². The number of rotatable bonds is 5. The second kappa shape index (κ2) is 7.80. The largest absolute Gasteiger partial charge is 0.454 e. The molecule has 0 aliphatic heterocycles. The van der Waals surface area contributed by atoms with Gasteiger partial charge in [0.2, 0.25) is 0 Å². The maximum Gasteiger partial charge on any atom is 0.339 e. The number of aromatic nitrogens is 2. The predicted molar refractivity (Wildman–Crippen MR) is 106 cm³/mol. The van der Waals surface area contributed by atoms with Crippen molar-refractivity contribution in [2.24, 2.45) is 0 Å². The summed E-state index contributed by atoms with van der Waals surface area (Å²) in [5.41, 5.74) is 2.74. The Bertz CT molecular complexity index is 1140. The van der Waals surface area contributed by atoms with Gasteiger partial charge in [-0.25, -0.2) is 9.78 Å². The molecule has 0 saturated heterocycles. The number of benzene rings is 2. The molecule has 28 heavy (non-hydrogen) atoms. The zero-order valence-corrected chi connectivity index (χ0v) is 14.9. The Hall–Kier alpha value is -3.86. The number of hydrogen-bond acceptors (Lipinski definition) is 5. The molecular weight excluding hydrogens is 352 g/mol. The van der Waals surface area contributed by atoms with Crippen molar-refractivity contribution >= 4 is 22.7 Å². The minimum absolute atomic E-state index is 0.253. The molecule has 0 atom stereocenters. The van der Waals surface area contributed by atoms with E-state index in [0.717, 1.165) is 0 Å². The number of ether oxygens (including phenoxy) is 1. The van der Waals surface area contributed by atoms with E-state index in [0.29, 0.717) is 33.4 Å². The van der Waals surface area contributed by atoms with Crippen molar-refractivity contribution in [3.8, 4) is 11.4 Å². The predicted octanol–water partition coefficient (Wildman–Crippen LogP) is 4.34. The van der Waals surface area contributed by atoms with Gasteiger partial charge in [-0.3, -0.25) is 9.78 Å². The molecule has 2 heterocycles. The van der Waals surface area contributed by atoms with Crippen LogP contribution in [0.1, 0.15) is 20.7 Å². The van der Waals surface area contributed by atoms with Crippen LogP contribution < -0.4 is 0 Å². The smallest absolute Gasteiger partial charge is 0.339 e. The summed E-state index contributed by atoms with van der Waals surface area (Å²) in [6.07, 6.45) is 1.67. The molecule has 0 radical (unpaired) electrons. The Morgan fingerprint density at radius 2 is 1.57 bits per heavy atom. The zero-order valence-electron chi connectivity index (χ0n) is 14.9. The van der Waals surface area contributed by atoms with Gasteiger partial charge in [-0.2, -0.15) is 0 Å². The van der Waals surface area contributed by atoms with E-state index in [2.05, 4.69) is 9.97 Å². The summed E-state index contributed by atoms with van der Waals surface area (Å²) in [6.45, 7) is -0.321. The van der Waals surface area contributed by atoms with Crippen molar-refractivity contribution < 1.29 is 14.3 Å². The van der Waals surface area contributed by atoms with Gasteiger partial charge in [-0.1, -0.05) is 54.6 Å². The summed E-state index contributed by atoms with van der Waals surface area (Å²) >= 11 is 0. The molecule has 4 aromatic rings. The van der Waals surface area contributed by atoms with Gasteiger partial charge < -0.3 is 4.74 Å². The average molecular weight is 368 g/mol. The molecule has 0 aliphatic rings. The van der Waals surface area contributed by atoms with Gasteiger partial charge in [0.1, 0.15) is 0 Å². The molecule has 0 N–H and O–H groups in total. The minimum atomic E-state index is -0.569. The van der Waals surface area contributed by atoms with Crippen molar-refractivity contribution in [1.82, 2.24) is 9.97 Å². The lowest BCUT2D eigenvalue weighted by Gasteiger charge is -2.09. The van der Waals surface area contributed by atoms with Crippen LogP contribution in [0.4, 0.5) is 0 Å². The third kappa shape index (κ3) is 3.64. The van der Waals surface area contributed by atoms with E-state index in [1.54, 1.807) is 42.6 Å². The molecule has 2 aromatic carbocycles. The summed E-state index contributed by atoms with van der Waals surface area (Å²) < 4.78 is 5.31. The van der Waals surface area contributed by atoms with Crippen LogP contribution in [0, 0.1) is 0 Å². The average Bonchev–Trinajstić information content (AvgIpc) is 2.77. The molecule has 0 bridgehead atoms. The molecule has 0 fully saturated rings. The first-order chi connectivity index (χ1) is 13.7. The Morgan fingerprint density at radius 1 is 0.821 bits per heavy atom. The van der Waals surface area contributed by atoms with Gasteiger partial charge >= 0.3 is 5.97 Å². The lowest BCUT2D eigenvalue weighted by atomic mass is 10.1. The third-order valence-electron chi connectivity index (χ3n) is 4.29. The number of fused-ring (bicyclic) bond motifs is 1. The molecule has 0 aliphatic carbocycles. The van der Waals surface area contributed by atoms with E-state index in [1.807, 2.05) is 42.5 Å². The second-order valence-corrected chi connectivity index (χ2v) is 6.15. The van der Waals surface area contributed by atoms with Crippen LogP contribution in [0.2, 0.25) is 0 Å². The van der Waals surface area contributed by atoms with Crippen LogP contribution in [0.5, 0.6) is 0 Å². The Labute approximate surface area is 161 Å². The molecule has 136 valence electrons. The second-order valence-electron chi connectivity index (χ2n) is 6.15. The molecule has 5 nitrogen and oxygen atoms in total.